The molecule has 1 unspecified atom stereocenters. The second-order valence-corrected chi connectivity index (χ2v) is 8.15. The van der Waals surface area contributed by atoms with Gasteiger partial charge in [0.1, 0.15) is 5.82 Å². The van der Waals surface area contributed by atoms with Gasteiger partial charge in [0.15, 0.2) is 5.96 Å². The second-order valence-electron chi connectivity index (χ2n) is 8.15. The number of guanidine groups is 1. The minimum absolute atomic E-state index is 0.397. The Morgan fingerprint density at radius 1 is 1.03 bits per heavy atom. The summed E-state index contributed by atoms with van der Waals surface area (Å²) in [5, 5.41) is 7.00. The molecular formula is C23H33N7. The van der Waals surface area contributed by atoms with Crippen molar-refractivity contribution < 1.29 is 0 Å². The highest BCUT2D eigenvalue weighted by Gasteiger charge is 2.23. The predicted molar refractivity (Wildman–Crippen MR) is 124 cm³/mol. The molecule has 0 radical (unpaired) electrons. The molecule has 1 aromatic heterocycles. The van der Waals surface area contributed by atoms with Crippen molar-refractivity contribution in [2.75, 3.05) is 63.2 Å². The number of benzene rings is 1. The second kappa shape index (κ2) is 9.80. The molecule has 0 spiro atoms. The molecule has 7 heteroatoms. The van der Waals surface area contributed by atoms with Crippen molar-refractivity contribution in [2.24, 2.45) is 4.99 Å². The van der Waals surface area contributed by atoms with Gasteiger partial charge in [-0.1, -0.05) is 24.3 Å². The largest absolute Gasteiger partial charge is 0.369 e. The Bertz CT molecular complexity index is 813. The summed E-state index contributed by atoms with van der Waals surface area (Å²) in [6.45, 7) is 7.04. The fourth-order valence-electron chi connectivity index (χ4n) is 4.07. The zero-order valence-electron chi connectivity index (χ0n) is 18.1. The summed E-state index contributed by atoms with van der Waals surface area (Å²) < 4.78 is 0. The molecule has 2 N–H and O–H groups in total. The number of piperazine rings is 1. The van der Waals surface area contributed by atoms with Gasteiger partial charge in [-0.05, 0) is 37.2 Å². The molecular weight excluding hydrogens is 374 g/mol. The average molecular weight is 408 g/mol. The third-order valence-corrected chi connectivity index (χ3v) is 5.97. The Morgan fingerprint density at radius 2 is 1.83 bits per heavy atom. The number of aliphatic imine (C=N–C) groups is 1. The molecule has 160 valence electrons. The van der Waals surface area contributed by atoms with Gasteiger partial charge in [-0.2, -0.15) is 0 Å². The first-order valence-corrected chi connectivity index (χ1v) is 10.9. The van der Waals surface area contributed by atoms with Crippen LogP contribution in [0.25, 0.3) is 0 Å². The van der Waals surface area contributed by atoms with Gasteiger partial charge in [0.05, 0.1) is 0 Å². The molecule has 0 saturated carbocycles. The van der Waals surface area contributed by atoms with Gasteiger partial charge in [-0.3, -0.25) is 4.99 Å². The number of likely N-dealkylation sites (N-methyl/N-ethyl adjacent to an activating group) is 1. The number of nitrogens with one attached hydrogen (secondary N) is 2. The maximum atomic E-state index is 4.68. The van der Waals surface area contributed by atoms with Crippen LogP contribution in [0.5, 0.6) is 0 Å². The maximum absolute atomic E-state index is 4.68. The quantitative estimate of drug-likeness (QED) is 0.582. The molecule has 1 aromatic carbocycles. The lowest BCUT2D eigenvalue weighted by molar-refractivity contribution is 0.312. The van der Waals surface area contributed by atoms with Gasteiger partial charge < -0.3 is 25.3 Å². The van der Waals surface area contributed by atoms with Crippen molar-refractivity contribution in [3.8, 4) is 0 Å². The van der Waals surface area contributed by atoms with Crippen molar-refractivity contribution >= 4 is 17.5 Å². The minimum Gasteiger partial charge on any atom is -0.369 e. The number of nitrogens with zero attached hydrogens (tertiary/aromatic N) is 5. The van der Waals surface area contributed by atoms with Crippen LogP contribution in [0.15, 0.2) is 53.7 Å². The molecule has 1 atom stereocenters. The molecule has 0 bridgehead atoms. The van der Waals surface area contributed by atoms with E-state index in [-0.39, 0.29) is 0 Å². The van der Waals surface area contributed by atoms with Crippen molar-refractivity contribution in [2.45, 2.75) is 19.0 Å². The smallest absolute Gasteiger partial charge is 0.191 e. The van der Waals surface area contributed by atoms with E-state index in [4.69, 9.17) is 0 Å². The van der Waals surface area contributed by atoms with E-state index in [1.165, 1.54) is 5.69 Å². The van der Waals surface area contributed by atoms with Gasteiger partial charge in [-0.15, -0.1) is 0 Å². The van der Waals surface area contributed by atoms with Crippen LogP contribution in [-0.2, 0) is 6.54 Å². The number of hydrogen-bond donors (Lipinski definition) is 2. The van der Waals surface area contributed by atoms with Crippen LogP contribution in [0.2, 0.25) is 0 Å². The van der Waals surface area contributed by atoms with Crippen LogP contribution in [0.1, 0.15) is 12.0 Å². The van der Waals surface area contributed by atoms with Crippen molar-refractivity contribution in [3.63, 3.8) is 0 Å². The van der Waals surface area contributed by atoms with Crippen LogP contribution >= 0.6 is 0 Å². The molecule has 3 heterocycles. The molecule has 0 amide bonds. The first kappa shape index (κ1) is 20.5. The van der Waals surface area contributed by atoms with E-state index in [1.807, 2.05) is 13.2 Å². The normalized spacial score (nSPS) is 20.5. The molecule has 2 saturated heterocycles. The van der Waals surface area contributed by atoms with E-state index in [1.54, 1.807) is 0 Å². The Morgan fingerprint density at radius 3 is 2.53 bits per heavy atom. The Hall–Kier alpha value is -2.80. The molecule has 2 aliphatic rings. The summed E-state index contributed by atoms with van der Waals surface area (Å²) in [6.07, 6.45) is 3.08. The van der Waals surface area contributed by atoms with E-state index in [9.17, 15) is 0 Å². The summed E-state index contributed by atoms with van der Waals surface area (Å²) >= 11 is 0. The SMILES string of the molecule is CN=C(NCc1ccc(N2CCN(C)CC2)nc1)NC1CCN(c2ccccc2)C1. The summed E-state index contributed by atoms with van der Waals surface area (Å²) in [4.78, 5) is 16.2. The van der Waals surface area contributed by atoms with Crippen molar-refractivity contribution in [1.29, 1.82) is 0 Å². The highest BCUT2D eigenvalue weighted by molar-refractivity contribution is 5.80. The predicted octanol–water partition coefficient (Wildman–Crippen LogP) is 1.78. The molecule has 2 aromatic rings. The number of para-hydroxylation sites is 1. The number of aromatic nitrogens is 1. The third-order valence-electron chi connectivity index (χ3n) is 5.97. The Labute approximate surface area is 179 Å². The van der Waals surface area contributed by atoms with E-state index in [0.29, 0.717) is 12.6 Å². The Balaban J connectivity index is 1.25. The summed E-state index contributed by atoms with van der Waals surface area (Å²) in [5.74, 6) is 1.92. The standard InChI is InChI=1S/C23H33N7/c1-24-23(27-20-10-11-30(18-20)21-6-4-3-5-7-21)26-17-19-8-9-22(25-16-19)29-14-12-28(2)13-15-29/h3-9,16,20H,10-15,17-18H2,1-2H3,(H2,24,26,27). The van der Waals surface area contributed by atoms with Gasteiger partial charge in [-0.25, -0.2) is 4.98 Å². The molecule has 30 heavy (non-hydrogen) atoms. The third kappa shape index (κ3) is 5.21. The van der Waals surface area contributed by atoms with Crippen LogP contribution in [0.3, 0.4) is 0 Å². The number of anilines is 2. The summed E-state index contributed by atoms with van der Waals surface area (Å²) in [7, 11) is 4.00. The van der Waals surface area contributed by atoms with E-state index in [2.05, 4.69) is 84.8 Å². The number of pyridine rings is 1. The topological polar surface area (TPSA) is 59.0 Å². The molecule has 2 fully saturated rings. The van der Waals surface area contributed by atoms with E-state index < -0.39 is 0 Å². The van der Waals surface area contributed by atoms with Gasteiger partial charge in [0.2, 0.25) is 0 Å². The van der Waals surface area contributed by atoms with Gasteiger partial charge >= 0.3 is 0 Å². The van der Waals surface area contributed by atoms with Crippen LogP contribution in [0.4, 0.5) is 11.5 Å². The summed E-state index contributed by atoms with van der Waals surface area (Å²) in [6, 6.07) is 15.3. The monoisotopic (exact) mass is 407 g/mol. The van der Waals surface area contributed by atoms with Gasteiger partial charge in [0, 0.05) is 70.8 Å². The maximum Gasteiger partial charge on any atom is 0.191 e. The lowest BCUT2D eigenvalue weighted by Gasteiger charge is -2.33. The lowest BCUT2D eigenvalue weighted by Crippen LogP contribution is -2.45. The van der Waals surface area contributed by atoms with Crippen LogP contribution in [-0.4, -0.2) is 75.2 Å². The van der Waals surface area contributed by atoms with Crippen LogP contribution < -0.4 is 20.4 Å². The highest BCUT2D eigenvalue weighted by atomic mass is 15.3. The lowest BCUT2D eigenvalue weighted by atomic mass is 10.2. The molecule has 2 aliphatic heterocycles. The number of hydrogen-bond acceptors (Lipinski definition) is 5. The minimum atomic E-state index is 0.397. The van der Waals surface area contributed by atoms with Gasteiger partial charge in [0.25, 0.3) is 0 Å². The molecule has 0 aliphatic carbocycles. The summed E-state index contributed by atoms with van der Waals surface area (Å²) in [5.41, 5.74) is 2.45. The molecule has 4 rings (SSSR count). The fourth-order valence-corrected chi connectivity index (χ4v) is 4.07. The molecule has 7 nitrogen and oxygen atoms in total. The first-order chi connectivity index (χ1) is 14.7. The Kier molecular flexibility index (Phi) is 6.69. The highest BCUT2D eigenvalue weighted by Crippen LogP contribution is 2.19. The van der Waals surface area contributed by atoms with Crippen LogP contribution in [0, 0.1) is 0 Å². The average Bonchev–Trinajstić information content (AvgIpc) is 3.27. The van der Waals surface area contributed by atoms with E-state index in [0.717, 1.165) is 63.0 Å². The zero-order valence-corrected chi connectivity index (χ0v) is 18.1. The van der Waals surface area contributed by atoms with Crippen molar-refractivity contribution in [1.82, 2.24) is 20.5 Å². The zero-order chi connectivity index (χ0) is 20.8. The van der Waals surface area contributed by atoms with E-state index >= 15 is 0 Å². The fraction of sp³-hybridized carbons (Fsp3) is 0.478. The van der Waals surface area contributed by atoms with Crippen molar-refractivity contribution in [3.05, 3.63) is 54.2 Å². The number of rotatable bonds is 5. The first-order valence-electron chi connectivity index (χ1n) is 10.9.